The zero-order valence-electron chi connectivity index (χ0n) is 21.3. The van der Waals surface area contributed by atoms with E-state index in [0.29, 0.717) is 77.4 Å². The molecular formula is C26H28N6O6. The number of pyridine rings is 1. The van der Waals surface area contributed by atoms with E-state index >= 15 is 0 Å². The first-order chi connectivity index (χ1) is 18.5. The van der Waals surface area contributed by atoms with Crippen LogP contribution in [0, 0.1) is 10.1 Å². The lowest BCUT2D eigenvalue weighted by Gasteiger charge is -2.17. The summed E-state index contributed by atoms with van der Waals surface area (Å²) in [6.07, 6.45) is 3.33. The van der Waals surface area contributed by atoms with Crippen LogP contribution in [0.15, 0.2) is 54.9 Å². The van der Waals surface area contributed by atoms with Gasteiger partial charge in [0, 0.05) is 62.8 Å². The van der Waals surface area contributed by atoms with Crippen LogP contribution in [0.1, 0.15) is 0 Å². The van der Waals surface area contributed by atoms with Crippen LogP contribution in [0.5, 0.6) is 11.5 Å². The van der Waals surface area contributed by atoms with Crippen LogP contribution in [0.2, 0.25) is 0 Å². The van der Waals surface area contributed by atoms with Crippen LogP contribution in [0.3, 0.4) is 0 Å². The molecule has 0 atom stereocenters. The number of aromatic nitrogens is 3. The predicted octanol–water partition coefficient (Wildman–Crippen LogP) is 4.44. The Hall–Kier alpha value is -4.55. The Morgan fingerprint density at radius 2 is 1.66 bits per heavy atom. The number of nitro groups is 1. The molecule has 0 unspecified atom stereocenters. The number of hydrogen-bond acceptors (Lipinski definition) is 11. The molecule has 2 aromatic heterocycles. The van der Waals surface area contributed by atoms with E-state index in [1.807, 2.05) is 6.07 Å². The highest BCUT2D eigenvalue weighted by Crippen LogP contribution is 2.38. The number of ether oxygens (including phenoxy) is 4. The van der Waals surface area contributed by atoms with Gasteiger partial charge in [-0.3, -0.25) is 15.1 Å². The molecule has 0 aliphatic rings. The average molecular weight is 521 g/mol. The van der Waals surface area contributed by atoms with Crippen molar-refractivity contribution in [3.05, 3.63) is 65.0 Å². The van der Waals surface area contributed by atoms with Gasteiger partial charge in [0.05, 0.1) is 35.0 Å². The minimum atomic E-state index is -0.449. The third-order valence-electron chi connectivity index (χ3n) is 5.51. The van der Waals surface area contributed by atoms with Crippen molar-refractivity contribution in [1.82, 2.24) is 15.0 Å². The fourth-order valence-corrected chi connectivity index (χ4v) is 3.65. The van der Waals surface area contributed by atoms with Gasteiger partial charge < -0.3 is 29.6 Å². The van der Waals surface area contributed by atoms with Gasteiger partial charge in [-0.1, -0.05) is 0 Å². The second kappa shape index (κ2) is 12.6. The Kier molecular flexibility index (Phi) is 8.80. The van der Waals surface area contributed by atoms with E-state index in [9.17, 15) is 10.1 Å². The lowest BCUT2D eigenvalue weighted by atomic mass is 10.1. The van der Waals surface area contributed by atoms with Crippen molar-refractivity contribution < 1.29 is 23.9 Å². The fraction of sp³-hybridized carbons (Fsp3) is 0.269. The highest BCUT2D eigenvalue weighted by molar-refractivity contribution is 5.95. The van der Waals surface area contributed by atoms with Crippen LogP contribution in [0.25, 0.3) is 22.3 Å². The van der Waals surface area contributed by atoms with Crippen LogP contribution in [0.4, 0.5) is 22.9 Å². The number of nitro benzene ring substituents is 1. The number of rotatable bonds is 13. The molecule has 198 valence electrons. The van der Waals surface area contributed by atoms with Crippen molar-refractivity contribution in [1.29, 1.82) is 0 Å². The lowest BCUT2D eigenvalue weighted by molar-refractivity contribution is -0.384. The van der Waals surface area contributed by atoms with Gasteiger partial charge in [-0.25, -0.2) is 9.97 Å². The van der Waals surface area contributed by atoms with Crippen molar-refractivity contribution in [3.8, 4) is 22.9 Å². The SMILES string of the molecule is CNc1ccc([N+](=O)[O-])cc1Nc1nc(-c2cccnc2)nc2cc(OCCOC)c(OCCOC)cc12. The number of fused-ring (bicyclic) bond motifs is 1. The summed E-state index contributed by atoms with van der Waals surface area (Å²) in [6.45, 7) is 1.39. The van der Waals surface area contributed by atoms with Gasteiger partial charge in [0.1, 0.15) is 19.0 Å². The molecule has 0 amide bonds. The molecular weight excluding hydrogens is 492 g/mol. The highest BCUT2D eigenvalue weighted by atomic mass is 16.6. The van der Waals surface area contributed by atoms with E-state index in [1.165, 1.54) is 12.1 Å². The summed E-state index contributed by atoms with van der Waals surface area (Å²) in [6, 6.07) is 11.7. The molecule has 2 aromatic carbocycles. The molecule has 12 nitrogen and oxygen atoms in total. The number of methoxy groups -OCH3 is 2. The van der Waals surface area contributed by atoms with E-state index < -0.39 is 4.92 Å². The third-order valence-corrected chi connectivity index (χ3v) is 5.51. The van der Waals surface area contributed by atoms with E-state index in [2.05, 4.69) is 15.6 Å². The Morgan fingerprint density at radius 3 is 2.29 bits per heavy atom. The van der Waals surface area contributed by atoms with Gasteiger partial charge in [-0.15, -0.1) is 0 Å². The minimum absolute atomic E-state index is 0.0604. The molecule has 0 radical (unpaired) electrons. The van der Waals surface area contributed by atoms with Crippen molar-refractivity contribution in [2.75, 3.05) is 58.3 Å². The predicted molar refractivity (Wildman–Crippen MR) is 143 cm³/mol. The van der Waals surface area contributed by atoms with Crippen molar-refractivity contribution >= 4 is 33.8 Å². The molecule has 2 heterocycles. The minimum Gasteiger partial charge on any atom is -0.487 e. The maximum atomic E-state index is 11.4. The number of non-ortho nitro benzene ring substituents is 1. The normalized spacial score (nSPS) is 10.8. The Balaban J connectivity index is 1.88. The maximum absolute atomic E-state index is 11.4. The second-order valence-corrected chi connectivity index (χ2v) is 8.00. The maximum Gasteiger partial charge on any atom is 0.271 e. The first kappa shape index (κ1) is 26.5. The quantitative estimate of drug-likeness (QED) is 0.147. The lowest BCUT2D eigenvalue weighted by Crippen LogP contribution is -2.09. The van der Waals surface area contributed by atoms with Crippen LogP contribution >= 0.6 is 0 Å². The molecule has 0 saturated carbocycles. The van der Waals surface area contributed by atoms with Gasteiger partial charge in [0.15, 0.2) is 17.3 Å². The summed E-state index contributed by atoms with van der Waals surface area (Å²) >= 11 is 0. The number of benzene rings is 2. The van der Waals surface area contributed by atoms with Crippen LogP contribution in [-0.2, 0) is 9.47 Å². The summed E-state index contributed by atoms with van der Waals surface area (Å²) in [5.41, 5.74) is 2.34. The molecule has 4 aromatic rings. The number of nitrogens with zero attached hydrogens (tertiary/aromatic N) is 4. The molecule has 12 heteroatoms. The Labute approximate surface area is 219 Å². The Morgan fingerprint density at radius 1 is 0.921 bits per heavy atom. The third kappa shape index (κ3) is 6.22. The zero-order valence-corrected chi connectivity index (χ0v) is 21.3. The highest BCUT2D eigenvalue weighted by Gasteiger charge is 2.18. The standard InChI is InChI=1S/C26H28N6O6/c1-27-20-7-6-18(32(33)34)13-22(20)30-26-19-14-23(37-11-9-35-2)24(38-12-10-36-3)15-21(19)29-25(31-26)17-5-4-8-28-16-17/h4-8,13-16,27H,9-12H2,1-3H3,(H,29,30,31). The van der Waals surface area contributed by atoms with E-state index in [1.54, 1.807) is 57.9 Å². The van der Waals surface area contributed by atoms with Crippen molar-refractivity contribution in [2.24, 2.45) is 0 Å². The number of anilines is 3. The molecule has 2 N–H and O–H groups in total. The summed E-state index contributed by atoms with van der Waals surface area (Å²) in [4.78, 5) is 24.7. The molecule has 0 fully saturated rings. The topological polar surface area (TPSA) is 143 Å². The summed E-state index contributed by atoms with van der Waals surface area (Å²) < 4.78 is 22.1. The van der Waals surface area contributed by atoms with Crippen molar-refractivity contribution in [3.63, 3.8) is 0 Å². The van der Waals surface area contributed by atoms with E-state index in [0.717, 1.165) is 0 Å². The monoisotopic (exact) mass is 520 g/mol. The first-order valence-electron chi connectivity index (χ1n) is 11.8. The molecule has 0 aliphatic carbocycles. The van der Waals surface area contributed by atoms with Gasteiger partial charge in [-0.05, 0) is 24.3 Å². The molecule has 0 aliphatic heterocycles. The van der Waals surface area contributed by atoms with Gasteiger partial charge in [-0.2, -0.15) is 0 Å². The van der Waals surface area contributed by atoms with E-state index in [4.69, 9.17) is 28.9 Å². The Bertz CT molecular complexity index is 1400. The van der Waals surface area contributed by atoms with Gasteiger partial charge in [0.2, 0.25) is 0 Å². The van der Waals surface area contributed by atoms with Crippen molar-refractivity contribution in [2.45, 2.75) is 0 Å². The summed E-state index contributed by atoms with van der Waals surface area (Å²) in [5, 5.41) is 18.4. The zero-order chi connectivity index (χ0) is 26.9. The fourth-order valence-electron chi connectivity index (χ4n) is 3.65. The molecule has 0 spiro atoms. The summed E-state index contributed by atoms with van der Waals surface area (Å²) in [7, 11) is 4.92. The van der Waals surface area contributed by atoms with Gasteiger partial charge >= 0.3 is 0 Å². The molecule has 0 bridgehead atoms. The molecule has 0 saturated heterocycles. The largest absolute Gasteiger partial charge is 0.487 e. The molecule has 4 rings (SSSR count). The number of nitrogens with one attached hydrogen (secondary N) is 2. The van der Waals surface area contributed by atoms with Gasteiger partial charge in [0.25, 0.3) is 5.69 Å². The molecule has 38 heavy (non-hydrogen) atoms. The smallest absolute Gasteiger partial charge is 0.271 e. The summed E-state index contributed by atoms with van der Waals surface area (Å²) in [5.74, 6) is 1.80. The number of hydrogen-bond donors (Lipinski definition) is 2. The van der Waals surface area contributed by atoms with Crippen LogP contribution < -0.4 is 20.1 Å². The average Bonchev–Trinajstić information content (AvgIpc) is 2.94. The second-order valence-electron chi connectivity index (χ2n) is 8.00. The van der Waals surface area contributed by atoms with E-state index in [-0.39, 0.29) is 5.69 Å². The van der Waals surface area contributed by atoms with Crippen LogP contribution in [-0.4, -0.2) is 67.6 Å². The first-order valence-corrected chi connectivity index (χ1v) is 11.8.